The van der Waals surface area contributed by atoms with E-state index in [0.29, 0.717) is 5.92 Å². The van der Waals surface area contributed by atoms with Crippen molar-refractivity contribution in [3.63, 3.8) is 0 Å². The fourth-order valence-corrected chi connectivity index (χ4v) is 2.50. The molecule has 0 amide bonds. The summed E-state index contributed by atoms with van der Waals surface area (Å²) in [5.41, 5.74) is 3.05. The Bertz CT molecular complexity index is 631. The molecule has 2 aliphatic carbocycles. The summed E-state index contributed by atoms with van der Waals surface area (Å²) in [6.07, 6.45) is 4.64. The maximum Gasteiger partial charge on any atom is 0.199 e. The minimum absolute atomic E-state index is 0.427. The zero-order valence-electron chi connectivity index (χ0n) is 10.9. The van der Waals surface area contributed by atoms with E-state index < -0.39 is 0 Å². The van der Waals surface area contributed by atoms with Crippen molar-refractivity contribution in [2.24, 2.45) is 5.92 Å². The van der Waals surface area contributed by atoms with Crippen LogP contribution in [0.5, 0.6) is 5.75 Å². The summed E-state index contributed by atoms with van der Waals surface area (Å²) in [7, 11) is 0. The van der Waals surface area contributed by atoms with Gasteiger partial charge in [-0.05, 0) is 43.7 Å². The number of hydrogen-bond donors (Lipinski definition) is 0. The van der Waals surface area contributed by atoms with E-state index in [-0.39, 0.29) is 0 Å². The van der Waals surface area contributed by atoms with Crippen LogP contribution in [0.15, 0.2) is 34.8 Å². The molecule has 2 fully saturated rings. The third-order valence-corrected chi connectivity index (χ3v) is 3.98. The van der Waals surface area contributed by atoms with Gasteiger partial charge >= 0.3 is 0 Å². The van der Waals surface area contributed by atoms with Crippen molar-refractivity contribution >= 4 is 11.1 Å². The lowest BCUT2D eigenvalue weighted by molar-refractivity contribution is 0.299. The Morgan fingerprint density at radius 3 is 2.89 bits per heavy atom. The number of allylic oxidation sites excluding steroid dienone is 1. The number of fused-ring (bicyclic) bond motifs is 1. The first-order valence-electron chi connectivity index (χ1n) is 6.98. The SMILES string of the molecule is C=C1CC(c2nc3ccc(OCC4CC4)cc3o2)C1. The van der Waals surface area contributed by atoms with Gasteiger partial charge in [-0.3, -0.25) is 0 Å². The quantitative estimate of drug-likeness (QED) is 0.773. The van der Waals surface area contributed by atoms with Crippen molar-refractivity contribution in [2.45, 2.75) is 31.6 Å². The summed E-state index contributed by atoms with van der Waals surface area (Å²) in [6, 6.07) is 5.93. The summed E-state index contributed by atoms with van der Waals surface area (Å²) < 4.78 is 11.6. The van der Waals surface area contributed by atoms with Crippen LogP contribution in [0.3, 0.4) is 0 Å². The van der Waals surface area contributed by atoms with Crippen LogP contribution in [-0.4, -0.2) is 11.6 Å². The average molecular weight is 255 g/mol. The molecule has 1 aromatic heterocycles. The van der Waals surface area contributed by atoms with Crippen LogP contribution >= 0.6 is 0 Å². The predicted molar refractivity (Wildman–Crippen MR) is 73.3 cm³/mol. The van der Waals surface area contributed by atoms with Crippen molar-refractivity contribution in [2.75, 3.05) is 6.61 Å². The van der Waals surface area contributed by atoms with E-state index in [4.69, 9.17) is 9.15 Å². The number of ether oxygens (including phenoxy) is 1. The summed E-state index contributed by atoms with van der Waals surface area (Å²) in [4.78, 5) is 4.55. The van der Waals surface area contributed by atoms with Crippen LogP contribution in [0, 0.1) is 5.92 Å². The largest absolute Gasteiger partial charge is 0.493 e. The summed E-state index contributed by atoms with van der Waals surface area (Å²) in [6.45, 7) is 4.79. The topological polar surface area (TPSA) is 35.3 Å². The molecule has 4 rings (SSSR count). The van der Waals surface area contributed by atoms with E-state index >= 15 is 0 Å². The van der Waals surface area contributed by atoms with Crippen molar-refractivity contribution < 1.29 is 9.15 Å². The molecule has 3 heteroatoms. The standard InChI is InChI=1S/C16H17NO2/c1-10-6-12(7-10)16-17-14-5-4-13(8-15(14)19-16)18-9-11-2-3-11/h4-5,8,11-12H,1-3,6-7,9H2. The first kappa shape index (κ1) is 11.1. The molecule has 98 valence electrons. The Hall–Kier alpha value is -1.77. The van der Waals surface area contributed by atoms with Gasteiger partial charge in [-0.1, -0.05) is 12.2 Å². The molecule has 1 aromatic carbocycles. The second-order valence-corrected chi connectivity index (χ2v) is 5.79. The molecule has 0 radical (unpaired) electrons. The molecule has 0 spiro atoms. The summed E-state index contributed by atoms with van der Waals surface area (Å²) >= 11 is 0. The first-order valence-corrected chi connectivity index (χ1v) is 6.98. The summed E-state index contributed by atoms with van der Waals surface area (Å²) in [5, 5.41) is 0. The molecular formula is C16H17NO2. The smallest absolute Gasteiger partial charge is 0.199 e. The van der Waals surface area contributed by atoms with E-state index in [1.54, 1.807) is 0 Å². The van der Waals surface area contributed by atoms with E-state index in [9.17, 15) is 0 Å². The van der Waals surface area contributed by atoms with Crippen molar-refractivity contribution in [3.05, 3.63) is 36.2 Å². The average Bonchev–Trinajstić information content (AvgIpc) is 3.10. The van der Waals surface area contributed by atoms with Gasteiger partial charge in [-0.2, -0.15) is 0 Å². The zero-order chi connectivity index (χ0) is 12.8. The highest BCUT2D eigenvalue weighted by Gasteiger charge is 2.28. The normalized spacial score (nSPS) is 19.7. The van der Waals surface area contributed by atoms with Gasteiger partial charge in [0, 0.05) is 12.0 Å². The van der Waals surface area contributed by atoms with E-state index in [2.05, 4.69) is 11.6 Å². The van der Waals surface area contributed by atoms with Crippen molar-refractivity contribution in [1.29, 1.82) is 0 Å². The van der Waals surface area contributed by atoms with Gasteiger partial charge in [0.25, 0.3) is 0 Å². The van der Waals surface area contributed by atoms with Crippen LogP contribution in [-0.2, 0) is 0 Å². The van der Waals surface area contributed by atoms with Gasteiger partial charge in [0.2, 0.25) is 0 Å². The Labute approximate surface area is 112 Å². The Balaban J connectivity index is 1.56. The van der Waals surface area contributed by atoms with Gasteiger partial charge < -0.3 is 9.15 Å². The molecular weight excluding hydrogens is 238 g/mol. The van der Waals surface area contributed by atoms with Gasteiger partial charge in [0.1, 0.15) is 11.3 Å². The second-order valence-electron chi connectivity index (χ2n) is 5.79. The van der Waals surface area contributed by atoms with Crippen molar-refractivity contribution in [1.82, 2.24) is 4.98 Å². The minimum atomic E-state index is 0.427. The van der Waals surface area contributed by atoms with Crippen LogP contribution in [0.1, 0.15) is 37.5 Å². The number of aromatic nitrogens is 1. The molecule has 3 nitrogen and oxygen atoms in total. The number of nitrogens with zero attached hydrogens (tertiary/aromatic N) is 1. The maximum atomic E-state index is 5.85. The number of rotatable bonds is 4. The van der Waals surface area contributed by atoms with Gasteiger partial charge in [-0.25, -0.2) is 4.98 Å². The molecule has 0 atom stereocenters. The minimum Gasteiger partial charge on any atom is -0.493 e. The van der Waals surface area contributed by atoms with Gasteiger partial charge in [0.15, 0.2) is 11.5 Å². The molecule has 0 unspecified atom stereocenters. The molecule has 2 saturated carbocycles. The number of oxazole rings is 1. The predicted octanol–water partition coefficient (Wildman–Crippen LogP) is 4.05. The van der Waals surface area contributed by atoms with E-state index in [1.165, 1.54) is 18.4 Å². The molecule has 0 aliphatic heterocycles. The second kappa shape index (κ2) is 4.12. The molecule has 0 saturated heterocycles. The summed E-state index contributed by atoms with van der Waals surface area (Å²) in [5.74, 6) is 2.93. The zero-order valence-corrected chi connectivity index (χ0v) is 10.9. The van der Waals surface area contributed by atoms with Crippen LogP contribution in [0.25, 0.3) is 11.1 Å². The highest BCUT2D eigenvalue weighted by molar-refractivity contribution is 5.74. The molecule has 1 heterocycles. The molecule has 0 bridgehead atoms. The number of benzene rings is 1. The Morgan fingerprint density at radius 2 is 2.16 bits per heavy atom. The monoisotopic (exact) mass is 255 g/mol. The van der Waals surface area contributed by atoms with E-state index in [1.807, 2.05) is 18.2 Å². The molecule has 0 N–H and O–H groups in total. The first-order chi connectivity index (χ1) is 9.28. The molecule has 2 aliphatic rings. The van der Waals surface area contributed by atoms with E-state index in [0.717, 1.165) is 48.1 Å². The Kier molecular flexibility index (Phi) is 2.40. The third kappa shape index (κ3) is 2.14. The fraction of sp³-hybridized carbons (Fsp3) is 0.438. The van der Waals surface area contributed by atoms with Crippen LogP contribution in [0.2, 0.25) is 0 Å². The van der Waals surface area contributed by atoms with Crippen LogP contribution in [0.4, 0.5) is 0 Å². The van der Waals surface area contributed by atoms with Gasteiger partial charge in [-0.15, -0.1) is 0 Å². The molecule has 19 heavy (non-hydrogen) atoms. The van der Waals surface area contributed by atoms with Crippen molar-refractivity contribution in [3.8, 4) is 5.75 Å². The highest BCUT2D eigenvalue weighted by Crippen LogP contribution is 2.40. The number of hydrogen-bond acceptors (Lipinski definition) is 3. The van der Waals surface area contributed by atoms with Gasteiger partial charge in [0.05, 0.1) is 6.61 Å². The lowest BCUT2D eigenvalue weighted by atomic mass is 9.81. The third-order valence-electron chi connectivity index (χ3n) is 3.98. The van der Waals surface area contributed by atoms with Crippen LogP contribution < -0.4 is 4.74 Å². The molecule has 2 aromatic rings. The lowest BCUT2D eigenvalue weighted by Gasteiger charge is -2.24. The maximum absolute atomic E-state index is 5.85. The lowest BCUT2D eigenvalue weighted by Crippen LogP contribution is -2.11. The Morgan fingerprint density at radius 1 is 1.32 bits per heavy atom. The fourth-order valence-electron chi connectivity index (χ4n) is 2.50. The highest BCUT2D eigenvalue weighted by atomic mass is 16.5.